The van der Waals surface area contributed by atoms with Gasteiger partial charge in [0, 0.05) is 84.8 Å². The van der Waals surface area contributed by atoms with E-state index in [9.17, 15) is 29.4 Å². The summed E-state index contributed by atoms with van der Waals surface area (Å²) in [6.45, 7) is 4.66. The molecule has 0 unspecified atom stereocenters. The Labute approximate surface area is 304 Å². The highest BCUT2D eigenvalue weighted by molar-refractivity contribution is 5.81. The predicted molar refractivity (Wildman–Crippen MR) is 199 cm³/mol. The summed E-state index contributed by atoms with van der Waals surface area (Å²) >= 11 is 0. The number of fused-ring (bicyclic) bond motifs is 8. The third-order valence-corrected chi connectivity index (χ3v) is 12.5. The number of amides is 2. The first-order chi connectivity index (χ1) is 25.3. The molecule has 8 atom stereocenters. The van der Waals surface area contributed by atoms with Crippen LogP contribution in [0.4, 0.5) is 0 Å². The number of hydrogen-bond acceptors (Lipinski definition) is 8. The first-order valence-corrected chi connectivity index (χ1v) is 19.3. The topological polar surface area (TPSA) is 167 Å². The SMILES string of the molecule is C/C=C/c1ccc2n(c1=O)C[C@H]1N[C@@H]2[C@@H](C(=O)NC2CCCC2)[C@@H]1CO.C/C=C\c1ccc2n(c1=O)C[C@H]1N[C@@H]2[C@@H](C(=O)NC2CCCC2)[C@@H]1CO. The van der Waals surface area contributed by atoms with Crippen LogP contribution in [0.2, 0.25) is 0 Å². The van der Waals surface area contributed by atoms with Crippen molar-refractivity contribution in [2.75, 3.05) is 13.2 Å². The maximum absolute atomic E-state index is 13.0. The smallest absolute Gasteiger partial charge is 0.258 e. The van der Waals surface area contributed by atoms with E-state index in [1.165, 1.54) is 0 Å². The molecular formula is C40H54N6O6. The Morgan fingerprint density at radius 2 is 1.08 bits per heavy atom. The van der Waals surface area contributed by atoms with Crippen molar-refractivity contribution in [3.8, 4) is 0 Å². The summed E-state index contributed by atoms with van der Waals surface area (Å²) in [6.07, 6.45) is 16.1. The van der Waals surface area contributed by atoms with Crippen molar-refractivity contribution in [1.29, 1.82) is 0 Å². The number of nitrogens with zero attached hydrogens (tertiary/aromatic N) is 2. The second-order valence-electron chi connectivity index (χ2n) is 15.5. The zero-order valence-electron chi connectivity index (χ0n) is 30.3. The van der Waals surface area contributed by atoms with E-state index >= 15 is 0 Å². The standard InChI is InChI=1S/2C20H27N3O3/c2*1-2-5-12-8-9-16-18-17(19(25)21-13-6-3-4-7-13)14(11-24)15(22-18)10-23(16)20(12)26/h2*2,5,8-9,13-15,17-18,22,24H,3-4,6-7,10-11H2,1H3,(H,21,25)/b5-2+;5-2-/t2*14-,15-,17+,18+/m11/s1. The molecule has 12 nitrogen and oxygen atoms in total. The number of hydrogen-bond donors (Lipinski definition) is 6. The number of carbonyl (C=O) groups excluding carboxylic acids is 2. The Morgan fingerprint density at radius 3 is 1.42 bits per heavy atom. The zero-order chi connectivity index (χ0) is 36.5. The average molecular weight is 715 g/mol. The van der Waals surface area contributed by atoms with Crippen LogP contribution < -0.4 is 32.4 Å². The van der Waals surface area contributed by atoms with E-state index in [0.29, 0.717) is 24.2 Å². The lowest BCUT2D eigenvalue weighted by Crippen LogP contribution is -2.44. The molecule has 2 saturated carbocycles. The van der Waals surface area contributed by atoms with Crippen molar-refractivity contribution >= 4 is 24.0 Å². The third kappa shape index (κ3) is 6.74. The summed E-state index contributed by atoms with van der Waals surface area (Å²) in [5.74, 6) is -1.02. The van der Waals surface area contributed by atoms with Crippen molar-refractivity contribution in [2.45, 2.75) is 115 Å². The summed E-state index contributed by atoms with van der Waals surface area (Å²) in [6, 6.07) is 7.48. The number of aromatic nitrogens is 2. The van der Waals surface area contributed by atoms with Crippen molar-refractivity contribution in [2.24, 2.45) is 23.7 Å². The summed E-state index contributed by atoms with van der Waals surface area (Å²) in [4.78, 5) is 51.6. The van der Waals surface area contributed by atoms with Gasteiger partial charge in [0.25, 0.3) is 11.1 Å². The second-order valence-corrected chi connectivity index (χ2v) is 15.5. The molecule has 6 heterocycles. The van der Waals surface area contributed by atoms with Crippen LogP contribution >= 0.6 is 0 Å². The summed E-state index contributed by atoms with van der Waals surface area (Å²) < 4.78 is 3.57. The first-order valence-electron chi connectivity index (χ1n) is 19.3. The lowest BCUT2D eigenvalue weighted by Gasteiger charge is -2.28. The quantitative estimate of drug-likeness (QED) is 0.243. The van der Waals surface area contributed by atoms with Gasteiger partial charge in [0.15, 0.2) is 0 Å². The van der Waals surface area contributed by atoms with Crippen LogP contribution in [0.15, 0.2) is 46.0 Å². The van der Waals surface area contributed by atoms with Crippen LogP contribution in [0, 0.1) is 23.7 Å². The highest BCUT2D eigenvalue weighted by atomic mass is 16.3. The van der Waals surface area contributed by atoms with E-state index in [1.54, 1.807) is 9.13 Å². The molecule has 4 bridgehead atoms. The number of aliphatic hydroxyl groups is 2. The molecule has 2 aromatic rings. The number of rotatable bonds is 8. The van der Waals surface area contributed by atoms with Gasteiger partial charge in [0.1, 0.15) is 0 Å². The molecule has 2 saturated heterocycles. The maximum atomic E-state index is 13.0. The fourth-order valence-corrected chi connectivity index (χ4v) is 9.88. The highest BCUT2D eigenvalue weighted by Crippen LogP contribution is 2.42. The molecule has 2 amide bonds. The number of carbonyl (C=O) groups is 2. The highest BCUT2D eigenvalue weighted by Gasteiger charge is 2.52. The Morgan fingerprint density at radius 1 is 0.692 bits per heavy atom. The van der Waals surface area contributed by atoms with Gasteiger partial charge < -0.3 is 40.6 Å². The molecule has 0 spiro atoms. The van der Waals surface area contributed by atoms with Crippen molar-refractivity contribution < 1.29 is 19.8 Å². The number of allylic oxidation sites excluding steroid dienone is 2. The molecule has 4 aliphatic heterocycles. The Hall–Kier alpha value is -3.84. The van der Waals surface area contributed by atoms with Crippen LogP contribution in [0.25, 0.3) is 12.2 Å². The van der Waals surface area contributed by atoms with E-state index in [-0.39, 0.29) is 96.1 Å². The molecule has 6 N–H and O–H groups in total. The summed E-state index contributed by atoms with van der Waals surface area (Å²) in [7, 11) is 0. The minimum Gasteiger partial charge on any atom is -0.396 e. The Balaban J connectivity index is 0.000000162. The predicted octanol–water partition coefficient (Wildman–Crippen LogP) is 2.38. The lowest BCUT2D eigenvalue weighted by atomic mass is 9.86. The number of pyridine rings is 2. The van der Waals surface area contributed by atoms with Crippen LogP contribution in [0.3, 0.4) is 0 Å². The average Bonchev–Trinajstić information content (AvgIpc) is 3.95. The monoisotopic (exact) mass is 714 g/mol. The van der Waals surface area contributed by atoms with E-state index < -0.39 is 0 Å². The molecule has 6 aliphatic rings. The molecule has 2 aromatic heterocycles. The second kappa shape index (κ2) is 15.6. The van der Waals surface area contributed by atoms with Gasteiger partial charge in [-0.1, -0.05) is 50.0 Å². The molecular weight excluding hydrogens is 660 g/mol. The van der Waals surface area contributed by atoms with Gasteiger partial charge in [-0.3, -0.25) is 19.2 Å². The van der Waals surface area contributed by atoms with Gasteiger partial charge in [0.05, 0.1) is 23.9 Å². The first kappa shape index (κ1) is 36.5. The van der Waals surface area contributed by atoms with E-state index in [1.807, 2.05) is 62.4 Å². The van der Waals surface area contributed by atoms with Gasteiger partial charge >= 0.3 is 0 Å². The van der Waals surface area contributed by atoms with Crippen molar-refractivity contribution in [1.82, 2.24) is 30.4 Å². The van der Waals surface area contributed by atoms with Crippen LogP contribution in [0.1, 0.15) is 99.8 Å². The molecule has 0 aromatic carbocycles. The van der Waals surface area contributed by atoms with E-state index in [4.69, 9.17) is 0 Å². The molecule has 4 fully saturated rings. The van der Waals surface area contributed by atoms with Gasteiger partial charge in [-0.05, 0) is 63.8 Å². The summed E-state index contributed by atoms with van der Waals surface area (Å²) in [5, 5.41) is 33.3. The third-order valence-electron chi connectivity index (χ3n) is 12.5. The molecule has 280 valence electrons. The van der Waals surface area contributed by atoms with Crippen molar-refractivity contribution in [3.63, 3.8) is 0 Å². The van der Waals surface area contributed by atoms with Crippen molar-refractivity contribution in [3.05, 3.63) is 79.6 Å². The van der Waals surface area contributed by atoms with Gasteiger partial charge in [0.2, 0.25) is 11.8 Å². The molecule has 2 aliphatic carbocycles. The lowest BCUT2D eigenvalue weighted by molar-refractivity contribution is -0.128. The van der Waals surface area contributed by atoms with E-state index in [0.717, 1.165) is 62.8 Å². The normalized spacial score (nSPS) is 30.7. The zero-order valence-corrected chi connectivity index (χ0v) is 30.3. The minimum absolute atomic E-state index is 0.00868. The van der Waals surface area contributed by atoms with Crippen LogP contribution in [0.5, 0.6) is 0 Å². The maximum Gasteiger partial charge on any atom is 0.258 e. The molecule has 0 radical (unpaired) electrons. The molecule has 12 heteroatoms. The fourth-order valence-electron chi connectivity index (χ4n) is 9.88. The Kier molecular flexibility index (Phi) is 11.0. The Bertz CT molecular complexity index is 1690. The largest absolute Gasteiger partial charge is 0.396 e. The van der Waals surface area contributed by atoms with Crippen LogP contribution in [-0.2, 0) is 22.7 Å². The summed E-state index contributed by atoms with van der Waals surface area (Å²) in [5.41, 5.74) is 2.97. The van der Waals surface area contributed by atoms with E-state index in [2.05, 4.69) is 21.3 Å². The fraction of sp³-hybridized carbons (Fsp3) is 0.600. The number of nitrogens with one attached hydrogen (secondary N) is 4. The van der Waals surface area contributed by atoms with Gasteiger partial charge in [-0.2, -0.15) is 0 Å². The van der Waals surface area contributed by atoms with Gasteiger partial charge in [-0.25, -0.2) is 0 Å². The molecule has 52 heavy (non-hydrogen) atoms. The number of aliphatic hydroxyl groups excluding tert-OH is 2. The van der Waals surface area contributed by atoms with Crippen LogP contribution in [-0.4, -0.2) is 68.5 Å². The molecule has 8 rings (SSSR count). The van der Waals surface area contributed by atoms with Gasteiger partial charge in [-0.15, -0.1) is 0 Å². The minimum atomic E-state index is -0.341.